The van der Waals surface area contributed by atoms with Gasteiger partial charge in [-0.25, -0.2) is 0 Å². The third-order valence-corrected chi connectivity index (χ3v) is 2.74. The lowest BCUT2D eigenvalue weighted by Gasteiger charge is -2.07. The molecule has 108 valence electrons. The first-order valence-corrected chi connectivity index (χ1v) is 5.86. The maximum Gasteiger partial charge on any atom is 0.273 e. The highest BCUT2D eigenvalue weighted by Gasteiger charge is 2.15. The van der Waals surface area contributed by atoms with Crippen LogP contribution in [-0.2, 0) is 0 Å². The molecule has 0 fully saturated rings. The molecule has 1 aromatic carbocycles. The van der Waals surface area contributed by atoms with Crippen molar-refractivity contribution in [1.29, 1.82) is 0 Å². The summed E-state index contributed by atoms with van der Waals surface area (Å²) in [6.07, 6.45) is 1.26. The first-order chi connectivity index (χ1) is 9.88. The standard InChI is InChI=1S/C13H11N3O5/c1-7-4-11(17)9(6-14-7)13(19)15-10-3-2-8(16(20)21)5-12(10)18/h2-6,18H,1H3,(H,14,17)(H,15,19). The number of carbonyl (C=O) groups is 1. The topological polar surface area (TPSA) is 125 Å². The fourth-order valence-corrected chi connectivity index (χ4v) is 1.68. The van der Waals surface area contributed by atoms with E-state index in [1.165, 1.54) is 18.3 Å². The van der Waals surface area contributed by atoms with Crippen LogP contribution in [0.2, 0.25) is 0 Å². The van der Waals surface area contributed by atoms with E-state index in [1.54, 1.807) is 6.92 Å². The van der Waals surface area contributed by atoms with Gasteiger partial charge in [0.2, 0.25) is 0 Å². The lowest BCUT2D eigenvalue weighted by atomic mass is 10.2. The summed E-state index contributed by atoms with van der Waals surface area (Å²) in [5, 5.41) is 22.5. The average molecular weight is 289 g/mol. The number of amides is 1. The van der Waals surface area contributed by atoms with E-state index in [0.29, 0.717) is 5.69 Å². The number of carbonyl (C=O) groups excluding carboxylic acids is 1. The first kappa shape index (κ1) is 14.3. The summed E-state index contributed by atoms with van der Waals surface area (Å²) >= 11 is 0. The van der Waals surface area contributed by atoms with Crippen LogP contribution in [0.25, 0.3) is 0 Å². The van der Waals surface area contributed by atoms with Crippen LogP contribution in [0.4, 0.5) is 11.4 Å². The van der Waals surface area contributed by atoms with Gasteiger partial charge in [-0.1, -0.05) is 0 Å². The van der Waals surface area contributed by atoms with Gasteiger partial charge in [0.05, 0.1) is 16.7 Å². The number of aromatic hydroxyl groups is 1. The summed E-state index contributed by atoms with van der Waals surface area (Å²) in [5.74, 6) is -1.18. The average Bonchev–Trinajstić information content (AvgIpc) is 2.40. The Kier molecular flexibility index (Phi) is 3.70. The van der Waals surface area contributed by atoms with Crippen LogP contribution in [0.1, 0.15) is 16.1 Å². The number of phenols is 1. The number of phenolic OH excluding ortho intramolecular Hbond substituents is 1. The van der Waals surface area contributed by atoms with Crippen LogP contribution in [0.3, 0.4) is 0 Å². The normalized spacial score (nSPS) is 10.1. The fraction of sp³-hybridized carbons (Fsp3) is 0.0769. The molecule has 0 saturated heterocycles. The highest BCUT2D eigenvalue weighted by atomic mass is 16.6. The number of hydrogen-bond donors (Lipinski definition) is 3. The van der Waals surface area contributed by atoms with Crippen molar-refractivity contribution in [1.82, 2.24) is 4.98 Å². The summed E-state index contributed by atoms with van der Waals surface area (Å²) in [4.78, 5) is 36.2. The van der Waals surface area contributed by atoms with E-state index in [-0.39, 0.29) is 16.9 Å². The van der Waals surface area contributed by atoms with Gasteiger partial charge in [0, 0.05) is 24.0 Å². The molecule has 0 spiro atoms. The molecule has 8 heteroatoms. The predicted molar refractivity (Wildman–Crippen MR) is 74.5 cm³/mol. The molecule has 0 aliphatic heterocycles. The van der Waals surface area contributed by atoms with Crippen molar-refractivity contribution in [2.24, 2.45) is 0 Å². The number of benzene rings is 1. The zero-order valence-corrected chi connectivity index (χ0v) is 10.9. The molecule has 3 N–H and O–H groups in total. The van der Waals surface area contributed by atoms with Gasteiger partial charge in [-0.2, -0.15) is 0 Å². The van der Waals surface area contributed by atoms with Crippen LogP contribution in [0, 0.1) is 17.0 Å². The quantitative estimate of drug-likeness (QED) is 0.449. The molecule has 0 bridgehead atoms. The van der Waals surface area contributed by atoms with Gasteiger partial charge < -0.3 is 15.4 Å². The van der Waals surface area contributed by atoms with Gasteiger partial charge >= 0.3 is 0 Å². The molecule has 0 aliphatic rings. The monoisotopic (exact) mass is 289 g/mol. The second-order valence-corrected chi connectivity index (χ2v) is 4.31. The van der Waals surface area contributed by atoms with E-state index >= 15 is 0 Å². The van der Waals surface area contributed by atoms with Crippen LogP contribution >= 0.6 is 0 Å². The number of pyridine rings is 1. The number of nitrogens with zero attached hydrogens (tertiary/aromatic N) is 1. The van der Waals surface area contributed by atoms with E-state index in [2.05, 4.69) is 10.3 Å². The minimum Gasteiger partial charge on any atom is -0.506 e. The molecular formula is C13H11N3O5. The maximum atomic E-state index is 11.9. The number of aromatic amines is 1. The van der Waals surface area contributed by atoms with Gasteiger partial charge in [0.25, 0.3) is 11.6 Å². The number of H-pyrrole nitrogens is 1. The molecule has 0 atom stereocenters. The molecular weight excluding hydrogens is 278 g/mol. The lowest BCUT2D eigenvalue weighted by Crippen LogP contribution is -2.21. The fourth-order valence-electron chi connectivity index (χ4n) is 1.68. The summed E-state index contributed by atoms with van der Waals surface area (Å²) in [7, 11) is 0. The van der Waals surface area contributed by atoms with Crippen LogP contribution in [-0.4, -0.2) is 20.9 Å². The Bertz CT molecular complexity index is 782. The van der Waals surface area contributed by atoms with E-state index < -0.39 is 22.0 Å². The van der Waals surface area contributed by atoms with Gasteiger partial charge in [0.1, 0.15) is 11.3 Å². The predicted octanol–water partition coefficient (Wildman–Crippen LogP) is 1.55. The van der Waals surface area contributed by atoms with Crippen LogP contribution in [0.15, 0.2) is 35.3 Å². The van der Waals surface area contributed by atoms with Crippen molar-refractivity contribution in [2.75, 3.05) is 5.32 Å². The number of nitro benzene ring substituents is 1. The summed E-state index contributed by atoms with van der Waals surface area (Å²) in [6, 6.07) is 4.50. The number of anilines is 1. The van der Waals surface area contributed by atoms with Crippen molar-refractivity contribution >= 4 is 17.3 Å². The molecule has 2 rings (SSSR count). The smallest absolute Gasteiger partial charge is 0.273 e. The number of nitro groups is 1. The van der Waals surface area contributed by atoms with Crippen molar-refractivity contribution in [3.8, 4) is 5.75 Å². The van der Waals surface area contributed by atoms with Crippen molar-refractivity contribution < 1.29 is 14.8 Å². The number of rotatable bonds is 3. The Morgan fingerprint density at radius 1 is 1.38 bits per heavy atom. The van der Waals surface area contributed by atoms with Gasteiger partial charge in [0.15, 0.2) is 5.43 Å². The Labute approximate surface area is 118 Å². The molecule has 1 amide bonds. The SMILES string of the molecule is Cc1cc(=O)c(C(=O)Nc2ccc([N+](=O)[O-])cc2O)c[nH]1. The third-order valence-electron chi connectivity index (χ3n) is 2.74. The largest absolute Gasteiger partial charge is 0.506 e. The molecule has 1 aromatic heterocycles. The van der Waals surface area contributed by atoms with E-state index in [0.717, 1.165) is 12.1 Å². The second-order valence-electron chi connectivity index (χ2n) is 4.31. The van der Waals surface area contributed by atoms with Crippen LogP contribution in [0.5, 0.6) is 5.75 Å². The lowest BCUT2D eigenvalue weighted by molar-refractivity contribution is -0.384. The zero-order valence-electron chi connectivity index (χ0n) is 10.9. The molecule has 0 aliphatic carbocycles. The number of non-ortho nitro benzene ring substituents is 1. The van der Waals surface area contributed by atoms with E-state index in [4.69, 9.17) is 0 Å². The summed E-state index contributed by atoms with van der Waals surface area (Å²) in [6.45, 7) is 1.67. The summed E-state index contributed by atoms with van der Waals surface area (Å²) < 4.78 is 0. The third kappa shape index (κ3) is 3.06. The van der Waals surface area contributed by atoms with Gasteiger partial charge in [-0.15, -0.1) is 0 Å². The minimum atomic E-state index is -0.722. The van der Waals surface area contributed by atoms with Gasteiger partial charge in [-0.05, 0) is 13.0 Å². The maximum absolute atomic E-state index is 11.9. The minimum absolute atomic E-state index is 0.0226. The number of hydrogen-bond acceptors (Lipinski definition) is 5. The molecule has 8 nitrogen and oxygen atoms in total. The van der Waals surface area contributed by atoms with E-state index in [9.17, 15) is 24.8 Å². The van der Waals surface area contributed by atoms with Crippen LogP contribution < -0.4 is 10.7 Å². The van der Waals surface area contributed by atoms with Gasteiger partial charge in [-0.3, -0.25) is 19.7 Å². The van der Waals surface area contributed by atoms with Crippen molar-refractivity contribution in [2.45, 2.75) is 6.92 Å². The van der Waals surface area contributed by atoms with Crippen molar-refractivity contribution in [3.05, 3.63) is 62.1 Å². The zero-order chi connectivity index (χ0) is 15.6. The summed E-state index contributed by atoms with van der Waals surface area (Å²) in [5.41, 5.74) is -0.317. The molecule has 0 unspecified atom stereocenters. The second kappa shape index (κ2) is 5.45. The highest BCUT2D eigenvalue weighted by molar-refractivity contribution is 6.04. The molecule has 21 heavy (non-hydrogen) atoms. The highest BCUT2D eigenvalue weighted by Crippen LogP contribution is 2.27. The Morgan fingerprint density at radius 3 is 2.67 bits per heavy atom. The Hall–Kier alpha value is -3.16. The number of aromatic nitrogens is 1. The molecule has 2 aromatic rings. The molecule has 0 saturated carbocycles. The first-order valence-electron chi connectivity index (χ1n) is 5.86. The number of nitrogens with one attached hydrogen (secondary N) is 2. The molecule has 0 radical (unpaired) electrons. The van der Waals surface area contributed by atoms with Crippen molar-refractivity contribution in [3.63, 3.8) is 0 Å². The Morgan fingerprint density at radius 2 is 2.10 bits per heavy atom. The number of aryl methyl sites for hydroxylation is 1. The van der Waals surface area contributed by atoms with E-state index in [1.807, 2.05) is 0 Å². The Balaban J connectivity index is 2.27. The molecule has 1 heterocycles.